The fourth-order valence-corrected chi connectivity index (χ4v) is 3.29. The zero-order chi connectivity index (χ0) is 19.8. The van der Waals surface area contributed by atoms with Crippen LogP contribution in [0.4, 0.5) is 11.4 Å². The van der Waals surface area contributed by atoms with Crippen LogP contribution in [0.15, 0.2) is 48.5 Å². The minimum absolute atomic E-state index is 0.320. The standard InChI is InChI=1S/C22H24N4O2/c23-16-18-7-1-2-8-20(18)25-22(28)21(27)24-13-5-6-17-9-11-19(12-10-17)26-14-3-4-15-26/h1-2,7-12H,3-6,13-15H2,(H,24,27)(H,25,28). The summed E-state index contributed by atoms with van der Waals surface area (Å²) >= 11 is 0. The Kier molecular flexibility index (Phi) is 6.64. The molecule has 1 aliphatic heterocycles. The van der Waals surface area contributed by atoms with Crippen LogP contribution in [0.3, 0.4) is 0 Å². The molecule has 0 aromatic heterocycles. The Hall–Kier alpha value is -3.33. The minimum Gasteiger partial charge on any atom is -0.372 e. The number of carbonyl (C=O) groups is 2. The summed E-state index contributed by atoms with van der Waals surface area (Å²) in [7, 11) is 0. The van der Waals surface area contributed by atoms with E-state index in [4.69, 9.17) is 5.26 Å². The maximum Gasteiger partial charge on any atom is 0.313 e. The number of rotatable bonds is 6. The summed E-state index contributed by atoms with van der Waals surface area (Å²) in [4.78, 5) is 26.3. The molecule has 0 radical (unpaired) electrons. The number of para-hydroxylation sites is 1. The van der Waals surface area contributed by atoms with Crippen molar-refractivity contribution in [2.75, 3.05) is 29.9 Å². The molecule has 144 valence electrons. The van der Waals surface area contributed by atoms with E-state index in [0.29, 0.717) is 17.8 Å². The molecular formula is C22H24N4O2. The Morgan fingerprint density at radius 3 is 2.43 bits per heavy atom. The fraction of sp³-hybridized carbons (Fsp3) is 0.318. The first kappa shape index (κ1) is 19.4. The van der Waals surface area contributed by atoms with E-state index in [1.54, 1.807) is 24.3 Å². The topological polar surface area (TPSA) is 85.2 Å². The molecular weight excluding hydrogens is 352 g/mol. The summed E-state index contributed by atoms with van der Waals surface area (Å²) in [5.41, 5.74) is 3.14. The molecule has 0 aliphatic carbocycles. The van der Waals surface area contributed by atoms with E-state index in [1.165, 1.54) is 24.1 Å². The van der Waals surface area contributed by atoms with Gasteiger partial charge in [0.05, 0.1) is 11.3 Å². The number of nitrogens with zero attached hydrogens (tertiary/aromatic N) is 2. The summed E-state index contributed by atoms with van der Waals surface area (Å²) in [6, 6.07) is 17.1. The highest BCUT2D eigenvalue weighted by atomic mass is 16.2. The Labute approximate surface area is 165 Å². The van der Waals surface area contributed by atoms with Crippen LogP contribution in [-0.2, 0) is 16.0 Å². The summed E-state index contributed by atoms with van der Waals surface area (Å²) in [5, 5.41) is 14.1. The molecule has 0 spiro atoms. The monoisotopic (exact) mass is 376 g/mol. The molecule has 0 bridgehead atoms. The van der Waals surface area contributed by atoms with Crippen LogP contribution in [0, 0.1) is 11.3 Å². The number of amides is 2. The van der Waals surface area contributed by atoms with E-state index >= 15 is 0 Å². The van der Waals surface area contributed by atoms with Gasteiger partial charge in [-0.15, -0.1) is 0 Å². The molecule has 1 saturated heterocycles. The van der Waals surface area contributed by atoms with Crippen molar-refractivity contribution in [2.24, 2.45) is 0 Å². The number of hydrogen-bond acceptors (Lipinski definition) is 4. The summed E-state index contributed by atoms with van der Waals surface area (Å²) in [5.74, 6) is -1.46. The van der Waals surface area contributed by atoms with Crippen molar-refractivity contribution in [2.45, 2.75) is 25.7 Å². The Balaban J connectivity index is 1.40. The van der Waals surface area contributed by atoms with Crippen molar-refractivity contribution in [3.63, 3.8) is 0 Å². The van der Waals surface area contributed by atoms with Crippen LogP contribution in [0.5, 0.6) is 0 Å². The van der Waals surface area contributed by atoms with Crippen LogP contribution in [0.1, 0.15) is 30.4 Å². The lowest BCUT2D eigenvalue weighted by molar-refractivity contribution is -0.136. The number of carbonyl (C=O) groups excluding carboxylic acids is 2. The second-order valence-corrected chi connectivity index (χ2v) is 6.83. The van der Waals surface area contributed by atoms with Gasteiger partial charge in [-0.05, 0) is 55.5 Å². The van der Waals surface area contributed by atoms with Gasteiger partial charge < -0.3 is 15.5 Å². The number of anilines is 2. The van der Waals surface area contributed by atoms with Gasteiger partial charge in [0.25, 0.3) is 0 Å². The number of aryl methyl sites for hydroxylation is 1. The van der Waals surface area contributed by atoms with Gasteiger partial charge in [0.15, 0.2) is 0 Å². The summed E-state index contributed by atoms with van der Waals surface area (Å²) in [6.45, 7) is 2.68. The molecule has 2 amide bonds. The molecule has 0 unspecified atom stereocenters. The number of nitrogens with one attached hydrogen (secondary N) is 2. The summed E-state index contributed by atoms with van der Waals surface area (Å²) in [6.07, 6.45) is 4.10. The zero-order valence-electron chi connectivity index (χ0n) is 15.8. The Bertz CT molecular complexity index is 865. The Morgan fingerprint density at radius 2 is 1.71 bits per heavy atom. The fourth-order valence-electron chi connectivity index (χ4n) is 3.29. The van der Waals surface area contributed by atoms with Crippen LogP contribution in [0.25, 0.3) is 0 Å². The molecule has 0 saturated carbocycles. The largest absolute Gasteiger partial charge is 0.372 e. The third-order valence-corrected chi connectivity index (χ3v) is 4.84. The van der Waals surface area contributed by atoms with Crippen molar-refractivity contribution in [3.05, 3.63) is 59.7 Å². The number of hydrogen-bond donors (Lipinski definition) is 2. The predicted octanol–water partition coefficient (Wildman–Crippen LogP) is 2.85. The lowest BCUT2D eigenvalue weighted by Gasteiger charge is -2.17. The SMILES string of the molecule is N#Cc1ccccc1NC(=O)C(=O)NCCCc1ccc(N2CCCC2)cc1. The van der Waals surface area contributed by atoms with E-state index in [2.05, 4.69) is 39.8 Å². The van der Waals surface area contributed by atoms with E-state index in [0.717, 1.165) is 25.9 Å². The molecule has 1 aliphatic rings. The van der Waals surface area contributed by atoms with Crippen molar-refractivity contribution in [1.82, 2.24) is 5.32 Å². The van der Waals surface area contributed by atoms with Gasteiger partial charge in [0.1, 0.15) is 6.07 Å². The highest BCUT2D eigenvalue weighted by Crippen LogP contribution is 2.20. The highest BCUT2D eigenvalue weighted by Gasteiger charge is 2.15. The first-order chi connectivity index (χ1) is 13.7. The Morgan fingerprint density at radius 1 is 1.00 bits per heavy atom. The van der Waals surface area contributed by atoms with Gasteiger partial charge in [-0.2, -0.15) is 5.26 Å². The van der Waals surface area contributed by atoms with E-state index in [-0.39, 0.29) is 0 Å². The quantitative estimate of drug-likeness (QED) is 0.600. The maximum absolute atomic E-state index is 12.0. The molecule has 2 aromatic carbocycles. The smallest absolute Gasteiger partial charge is 0.313 e. The van der Waals surface area contributed by atoms with Gasteiger partial charge in [-0.1, -0.05) is 24.3 Å². The molecule has 2 aromatic rings. The van der Waals surface area contributed by atoms with Crippen molar-refractivity contribution < 1.29 is 9.59 Å². The first-order valence-corrected chi connectivity index (χ1v) is 9.59. The average Bonchev–Trinajstić information content (AvgIpc) is 3.26. The van der Waals surface area contributed by atoms with Gasteiger partial charge in [-0.25, -0.2) is 0 Å². The lowest BCUT2D eigenvalue weighted by atomic mass is 10.1. The van der Waals surface area contributed by atoms with E-state index < -0.39 is 11.8 Å². The van der Waals surface area contributed by atoms with E-state index in [9.17, 15) is 9.59 Å². The molecule has 6 heteroatoms. The molecule has 1 heterocycles. The van der Waals surface area contributed by atoms with Crippen LogP contribution < -0.4 is 15.5 Å². The second kappa shape index (κ2) is 9.56. The van der Waals surface area contributed by atoms with Crippen molar-refractivity contribution >= 4 is 23.2 Å². The zero-order valence-corrected chi connectivity index (χ0v) is 15.8. The van der Waals surface area contributed by atoms with Gasteiger partial charge in [0.2, 0.25) is 0 Å². The maximum atomic E-state index is 12.0. The molecule has 0 atom stereocenters. The number of nitriles is 1. The molecule has 1 fully saturated rings. The lowest BCUT2D eigenvalue weighted by Crippen LogP contribution is -2.36. The van der Waals surface area contributed by atoms with Crippen LogP contribution in [-0.4, -0.2) is 31.4 Å². The normalized spacial score (nSPS) is 13.0. The first-order valence-electron chi connectivity index (χ1n) is 9.59. The van der Waals surface area contributed by atoms with Gasteiger partial charge in [-0.3, -0.25) is 9.59 Å². The third kappa shape index (κ3) is 5.10. The molecule has 28 heavy (non-hydrogen) atoms. The number of benzene rings is 2. The highest BCUT2D eigenvalue weighted by molar-refractivity contribution is 6.39. The summed E-state index contributed by atoms with van der Waals surface area (Å²) < 4.78 is 0. The van der Waals surface area contributed by atoms with Gasteiger partial charge >= 0.3 is 11.8 Å². The predicted molar refractivity (Wildman–Crippen MR) is 109 cm³/mol. The molecule has 2 N–H and O–H groups in total. The molecule has 6 nitrogen and oxygen atoms in total. The van der Waals surface area contributed by atoms with Crippen molar-refractivity contribution in [3.8, 4) is 6.07 Å². The average molecular weight is 376 g/mol. The minimum atomic E-state index is -0.766. The van der Waals surface area contributed by atoms with Crippen molar-refractivity contribution in [1.29, 1.82) is 5.26 Å². The van der Waals surface area contributed by atoms with Crippen LogP contribution >= 0.6 is 0 Å². The second-order valence-electron chi connectivity index (χ2n) is 6.83. The third-order valence-electron chi connectivity index (χ3n) is 4.84. The van der Waals surface area contributed by atoms with E-state index in [1.807, 2.05) is 6.07 Å². The molecule has 3 rings (SSSR count). The van der Waals surface area contributed by atoms with Gasteiger partial charge in [0, 0.05) is 25.3 Å². The van der Waals surface area contributed by atoms with Crippen LogP contribution in [0.2, 0.25) is 0 Å².